The molecule has 2 aromatic rings. The van der Waals surface area contributed by atoms with Gasteiger partial charge in [-0.3, -0.25) is 4.79 Å². The van der Waals surface area contributed by atoms with Crippen molar-refractivity contribution in [2.45, 2.75) is 39.2 Å². The molecule has 2 heterocycles. The third kappa shape index (κ3) is 2.91. The molecule has 0 bridgehead atoms. The first-order valence-electron chi connectivity index (χ1n) is 8.12. The number of amides is 1. The molecule has 3 rings (SSSR count). The Labute approximate surface area is 140 Å². The third-order valence-corrected chi connectivity index (χ3v) is 4.63. The molecular weight excluding hydrogens is 306 g/mol. The van der Waals surface area contributed by atoms with E-state index < -0.39 is 12.0 Å². The van der Waals surface area contributed by atoms with Gasteiger partial charge in [0, 0.05) is 17.8 Å². The Kier molecular flexibility index (Phi) is 4.38. The minimum Gasteiger partial charge on any atom is -0.480 e. The van der Waals surface area contributed by atoms with E-state index in [4.69, 9.17) is 0 Å². The lowest BCUT2D eigenvalue weighted by atomic mass is 10.1. The number of likely N-dealkylation sites (tertiary alicyclic amines) is 1. The van der Waals surface area contributed by atoms with Crippen molar-refractivity contribution in [1.82, 2.24) is 14.7 Å². The summed E-state index contributed by atoms with van der Waals surface area (Å²) in [6, 6.07) is 9.07. The van der Waals surface area contributed by atoms with Crippen molar-refractivity contribution < 1.29 is 14.7 Å². The van der Waals surface area contributed by atoms with Crippen LogP contribution in [0.25, 0.3) is 5.69 Å². The Hall–Kier alpha value is -2.63. The maximum Gasteiger partial charge on any atom is 0.326 e. The van der Waals surface area contributed by atoms with Crippen molar-refractivity contribution in [3.8, 4) is 5.69 Å². The van der Waals surface area contributed by atoms with Gasteiger partial charge in [0.15, 0.2) is 0 Å². The highest BCUT2D eigenvalue weighted by Gasteiger charge is 2.34. The number of para-hydroxylation sites is 1. The fourth-order valence-electron chi connectivity index (χ4n) is 3.33. The van der Waals surface area contributed by atoms with Crippen LogP contribution in [0.2, 0.25) is 0 Å². The highest BCUT2D eigenvalue weighted by Crippen LogP contribution is 2.22. The molecule has 1 aliphatic heterocycles. The molecule has 0 unspecified atom stereocenters. The number of benzene rings is 1. The van der Waals surface area contributed by atoms with Gasteiger partial charge in [-0.25, -0.2) is 9.48 Å². The normalized spacial score (nSPS) is 17.2. The standard InChI is InChI=1S/C18H21N3O3/c1-12-15(11-17(22)20-10-6-9-16(20)18(23)24)13(2)21(19-12)14-7-4-3-5-8-14/h3-5,7-8,16H,6,9-11H2,1-2H3,(H,23,24)/t16-/m1/s1. The summed E-state index contributed by atoms with van der Waals surface area (Å²) in [7, 11) is 0. The third-order valence-electron chi connectivity index (χ3n) is 4.63. The van der Waals surface area contributed by atoms with E-state index in [9.17, 15) is 14.7 Å². The van der Waals surface area contributed by atoms with E-state index in [1.807, 2.05) is 48.9 Å². The van der Waals surface area contributed by atoms with Crippen LogP contribution in [-0.4, -0.2) is 44.3 Å². The molecule has 6 nitrogen and oxygen atoms in total. The van der Waals surface area contributed by atoms with E-state index in [1.165, 1.54) is 4.90 Å². The summed E-state index contributed by atoms with van der Waals surface area (Å²) in [6.07, 6.45) is 1.46. The number of carbonyl (C=O) groups excluding carboxylic acids is 1. The van der Waals surface area contributed by atoms with E-state index in [0.717, 1.165) is 29.1 Å². The predicted molar refractivity (Wildman–Crippen MR) is 89.1 cm³/mol. The summed E-state index contributed by atoms with van der Waals surface area (Å²) in [6.45, 7) is 4.34. The summed E-state index contributed by atoms with van der Waals surface area (Å²) in [5, 5.41) is 13.8. The van der Waals surface area contributed by atoms with Crippen molar-refractivity contribution in [2.75, 3.05) is 6.54 Å². The molecule has 1 fully saturated rings. The van der Waals surface area contributed by atoms with E-state index in [2.05, 4.69) is 5.10 Å². The Balaban J connectivity index is 1.84. The average molecular weight is 327 g/mol. The lowest BCUT2D eigenvalue weighted by molar-refractivity contribution is -0.148. The zero-order chi connectivity index (χ0) is 17.3. The second-order valence-corrected chi connectivity index (χ2v) is 6.16. The molecule has 1 N–H and O–H groups in total. The Morgan fingerprint density at radius 2 is 1.96 bits per heavy atom. The number of hydrogen-bond donors (Lipinski definition) is 1. The minimum absolute atomic E-state index is 0.140. The first-order valence-corrected chi connectivity index (χ1v) is 8.12. The molecule has 24 heavy (non-hydrogen) atoms. The Morgan fingerprint density at radius 1 is 1.25 bits per heavy atom. The fourth-order valence-corrected chi connectivity index (χ4v) is 3.33. The van der Waals surface area contributed by atoms with Crippen molar-refractivity contribution >= 4 is 11.9 Å². The van der Waals surface area contributed by atoms with Gasteiger partial charge in [-0.1, -0.05) is 18.2 Å². The van der Waals surface area contributed by atoms with Crippen LogP contribution in [0.4, 0.5) is 0 Å². The van der Waals surface area contributed by atoms with Crippen LogP contribution < -0.4 is 0 Å². The molecule has 1 atom stereocenters. The number of carboxylic acid groups (broad SMARTS) is 1. The number of aliphatic carboxylic acids is 1. The van der Waals surface area contributed by atoms with E-state index >= 15 is 0 Å². The number of rotatable bonds is 4. The van der Waals surface area contributed by atoms with E-state index in [1.54, 1.807) is 0 Å². The van der Waals surface area contributed by atoms with Crippen LogP contribution in [0, 0.1) is 13.8 Å². The van der Waals surface area contributed by atoms with Gasteiger partial charge in [0.05, 0.1) is 17.8 Å². The maximum atomic E-state index is 12.6. The average Bonchev–Trinajstić information content (AvgIpc) is 3.16. The molecule has 0 saturated carbocycles. The molecule has 0 aliphatic carbocycles. The number of hydrogen-bond acceptors (Lipinski definition) is 3. The van der Waals surface area contributed by atoms with Gasteiger partial charge in [-0.05, 0) is 38.8 Å². The topological polar surface area (TPSA) is 75.4 Å². The number of nitrogens with zero attached hydrogens (tertiary/aromatic N) is 3. The summed E-state index contributed by atoms with van der Waals surface area (Å²) < 4.78 is 1.83. The van der Waals surface area contributed by atoms with Gasteiger partial charge in [0.25, 0.3) is 0 Å². The molecule has 1 saturated heterocycles. The van der Waals surface area contributed by atoms with Gasteiger partial charge >= 0.3 is 5.97 Å². The van der Waals surface area contributed by atoms with E-state index in [0.29, 0.717) is 13.0 Å². The summed E-state index contributed by atoms with van der Waals surface area (Å²) in [4.78, 5) is 25.4. The Bertz CT molecular complexity index is 767. The molecule has 6 heteroatoms. The summed E-state index contributed by atoms with van der Waals surface area (Å²) in [5.41, 5.74) is 3.54. The predicted octanol–water partition coefficient (Wildman–Crippen LogP) is 2.11. The van der Waals surface area contributed by atoms with Crippen molar-refractivity contribution in [3.05, 3.63) is 47.3 Å². The highest BCUT2D eigenvalue weighted by molar-refractivity contribution is 5.85. The number of carbonyl (C=O) groups is 2. The molecule has 1 amide bonds. The smallest absolute Gasteiger partial charge is 0.326 e. The lowest BCUT2D eigenvalue weighted by Gasteiger charge is -2.21. The van der Waals surface area contributed by atoms with Crippen molar-refractivity contribution in [1.29, 1.82) is 0 Å². The van der Waals surface area contributed by atoms with Crippen molar-refractivity contribution in [2.24, 2.45) is 0 Å². The van der Waals surface area contributed by atoms with Crippen molar-refractivity contribution in [3.63, 3.8) is 0 Å². The monoisotopic (exact) mass is 327 g/mol. The Morgan fingerprint density at radius 3 is 2.62 bits per heavy atom. The summed E-state index contributed by atoms with van der Waals surface area (Å²) in [5.74, 6) is -1.06. The maximum absolute atomic E-state index is 12.6. The molecule has 1 aliphatic rings. The molecular formula is C18H21N3O3. The highest BCUT2D eigenvalue weighted by atomic mass is 16.4. The number of aromatic nitrogens is 2. The van der Waals surface area contributed by atoms with Crippen LogP contribution in [-0.2, 0) is 16.0 Å². The van der Waals surface area contributed by atoms with E-state index in [-0.39, 0.29) is 12.3 Å². The van der Waals surface area contributed by atoms with Gasteiger partial charge in [-0.2, -0.15) is 5.10 Å². The first kappa shape index (κ1) is 16.2. The van der Waals surface area contributed by atoms with Crippen LogP contribution >= 0.6 is 0 Å². The first-order chi connectivity index (χ1) is 11.5. The van der Waals surface area contributed by atoms with Gasteiger partial charge in [0.1, 0.15) is 6.04 Å². The zero-order valence-corrected chi connectivity index (χ0v) is 13.9. The molecule has 1 aromatic heterocycles. The minimum atomic E-state index is -0.922. The van der Waals surface area contributed by atoms with Gasteiger partial charge in [-0.15, -0.1) is 0 Å². The SMILES string of the molecule is Cc1nn(-c2ccccc2)c(C)c1CC(=O)N1CCC[C@@H]1C(=O)O. The second-order valence-electron chi connectivity index (χ2n) is 6.16. The van der Waals surface area contributed by atoms with Crippen LogP contribution in [0.15, 0.2) is 30.3 Å². The molecule has 1 aromatic carbocycles. The second kappa shape index (κ2) is 6.47. The number of carboxylic acids is 1. The summed E-state index contributed by atoms with van der Waals surface area (Å²) >= 11 is 0. The van der Waals surface area contributed by atoms with Gasteiger partial charge in [0.2, 0.25) is 5.91 Å². The van der Waals surface area contributed by atoms with Gasteiger partial charge < -0.3 is 10.0 Å². The molecule has 0 radical (unpaired) electrons. The molecule has 126 valence electrons. The quantitative estimate of drug-likeness (QED) is 0.933. The van der Waals surface area contributed by atoms with Crippen LogP contribution in [0.5, 0.6) is 0 Å². The largest absolute Gasteiger partial charge is 0.480 e. The van der Waals surface area contributed by atoms with Crippen LogP contribution in [0.1, 0.15) is 29.8 Å². The molecule has 0 spiro atoms. The fraction of sp³-hybridized carbons (Fsp3) is 0.389. The zero-order valence-electron chi connectivity index (χ0n) is 13.9. The van der Waals surface area contributed by atoms with Crippen LogP contribution in [0.3, 0.4) is 0 Å². The number of aryl methyl sites for hydroxylation is 1. The lowest BCUT2D eigenvalue weighted by Crippen LogP contribution is -2.41.